The molecular formula is C25H17ClF3NO4. The maximum Gasteiger partial charge on any atom is 0.416 e. The van der Waals surface area contributed by atoms with Crippen molar-refractivity contribution >= 4 is 34.2 Å². The number of anilines is 1. The first-order valence-electron chi connectivity index (χ1n) is 10.1. The van der Waals surface area contributed by atoms with Crippen molar-refractivity contribution < 1.29 is 27.1 Å². The second kappa shape index (κ2) is 9.23. The molecule has 0 atom stereocenters. The Bertz CT molecular complexity index is 1450. The van der Waals surface area contributed by atoms with Gasteiger partial charge >= 0.3 is 6.18 Å². The van der Waals surface area contributed by atoms with Gasteiger partial charge in [-0.3, -0.25) is 9.59 Å². The van der Waals surface area contributed by atoms with Crippen molar-refractivity contribution in [1.82, 2.24) is 0 Å². The Balaban J connectivity index is 1.66. The molecule has 1 heterocycles. The van der Waals surface area contributed by atoms with Crippen LogP contribution in [0.2, 0.25) is 5.02 Å². The van der Waals surface area contributed by atoms with Gasteiger partial charge in [0.1, 0.15) is 5.58 Å². The van der Waals surface area contributed by atoms with E-state index in [1.165, 1.54) is 12.1 Å². The van der Waals surface area contributed by atoms with Crippen LogP contribution >= 0.6 is 11.6 Å². The lowest BCUT2D eigenvalue weighted by molar-refractivity contribution is -0.137. The molecule has 0 aliphatic heterocycles. The zero-order chi connectivity index (χ0) is 24.5. The molecule has 1 aromatic heterocycles. The minimum absolute atomic E-state index is 0.0422. The highest BCUT2D eigenvalue weighted by Crippen LogP contribution is 2.35. The molecule has 34 heavy (non-hydrogen) atoms. The van der Waals surface area contributed by atoms with Gasteiger partial charge in [0.25, 0.3) is 5.91 Å². The Morgan fingerprint density at radius 2 is 1.82 bits per heavy atom. The fourth-order valence-corrected chi connectivity index (χ4v) is 3.57. The van der Waals surface area contributed by atoms with Crippen LogP contribution in [0, 0.1) is 6.92 Å². The lowest BCUT2D eigenvalue weighted by Crippen LogP contribution is -2.23. The maximum atomic E-state index is 13.2. The van der Waals surface area contributed by atoms with Gasteiger partial charge in [-0.25, -0.2) is 0 Å². The smallest absolute Gasteiger partial charge is 0.416 e. The molecule has 0 radical (unpaired) electrons. The molecule has 1 N–H and O–H groups in total. The third kappa shape index (κ3) is 4.92. The fourth-order valence-electron chi connectivity index (χ4n) is 3.35. The number of hydrogen-bond donors (Lipinski definition) is 1. The van der Waals surface area contributed by atoms with E-state index in [4.69, 9.17) is 20.8 Å². The third-order valence-electron chi connectivity index (χ3n) is 4.95. The summed E-state index contributed by atoms with van der Waals surface area (Å²) in [4.78, 5) is 25.6. The normalized spacial score (nSPS) is 11.4. The first kappa shape index (κ1) is 23.4. The van der Waals surface area contributed by atoms with Crippen LogP contribution in [0.5, 0.6) is 5.75 Å². The number of ether oxygens (including phenoxy) is 1. The highest BCUT2D eigenvalue weighted by molar-refractivity contribution is 6.33. The molecule has 4 rings (SSSR count). The van der Waals surface area contributed by atoms with Crippen LogP contribution < -0.4 is 15.5 Å². The van der Waals surface area contributed by atoms with Gasteiger partial charge in [0.05, 0.1) is 16.0 Å². The van der Waals surface area contributed by atoms with E-state index in [1.807, 2.05) is 6.92 Å². The van der Waals surface area contributed by atoms with E-state index >= 15 is 0 Å². The predicted octanol–water partition coefficient (Wildman–Crippen LogP) is 6.46. The quantitative estimate of drug-likeness (QED) is 0.351. The number of amides is 1. The Hall–Kier alpha value is -3.78. The highest BCUT2D eigenvalue weighted by atomic mass is 35.5. The van der Waals surface area contributed by atoms with Crippen LogP contribution in [0.15, 0.2) is 75.9 Å². The molecule has 0 unspecified atom stereocenters. The molecule has 3 aromatic carbocycles. The Morgan fingerprint density at radius 3 is 2.56 bits per heavy atom. The van der Waals surface area contributed by atoms with Crippen molar-refractivity contribution in [2.45, 2.75) is 13.1 Å². The highest BCUT2D eigenvalue weighted by Gasteiger charge is 2.30. The number of carbonyl (C=O) groups is 1. The van der Waals surface area contributed by atoms with Gasteiger partial charge in [0.2, 0.25) is 11.2 Å². The van der Waals surface area contributed by atoms with Crippen molar-refractivity contribution in [3.8, 4) is 17.1 Å². The number of halogens is 4. The molecule has 0 spiro atoms. The fraction of sp³-hybridized carbons (Fsp3) is 0.120. The second-order valence-corrected chi connectivity index (χ2v) is 7.89. The first-order chi connectivity index (χ1) is 16.1. The summed E-state index contributed by atoms with van der Waals surface area (Å²) in [6.45, 7) is 1.20. The van der Waals surface area contributed by atoms with Gasteiger partial charge in [-0.2, -0.15) is 13.2 Å². The first-order valence-corrected chi connectivity index (χ1v) is 10.4. The predicted molar refractivity (Wildman–Crippen MR) is 123 cm³/mol. The summed E-state index contributed by atoms with van der Waals surface area (Å²) in [6.07, 6.45) is -4.55. The lowest BCUT2D eigenvalue weighted by atomic mass is 10.1. The Kier molecular flexibility index (Phi) is 6.34. The largest absolute Gasteiger partial charge is 0.476 e. The summed E-state index contributed by atoms with van der Waals surface area (Å²) in [6, 6.07) is 15.9. The van der Waals surface area contributed by atoms with Gasteiger partial charge in [0.15, 0.2) is 12.4 Å². The zero-order valence-corrected chi connectivity index (χ0v) is 18.5. The Labute approximate surface area is 196 Å². The molecule has 174 valence electrons. The molecule has 4 aromatic rings. The van der Waals surface area contributed by atoms with Gasteiger partial charge in [-0.15, -0.1) is 0 Å². The SMILES string of the molecule is Cc1ccc2c(=O)c(OCC(=O)Nc3cccc(C(F)(F)F)c3)c(-c3ccccc3Cl)oc2c1. The van der Waals surface area contributed by atoms with E-state index in [0.717, 1.165) is 17.7 Å². The maximum absolute atomic E-state index is 13.2. The summed E-state index contributed by atoms with van der Waals surface area (Å²) >= 11 is 6.30. The Morgan fingerprint density at radius 1 is 1.06 bits per heavy atom. The van der Waals surface area contributed by atoms with Crippen molar-refractivity contribution in [1.29, 1.82) is 0 Å². The van der Waals surface area contributed by atoms with E-state index in [2.05, 4.69) is 5.32 Å². The molecule has 0 saturated heterocycles. The van der Waals surface area contributed by atoms with E-state index in [9.17, 15) is 22.8 Å². The van der Waals surface area contributed by atoms with Crippen molar-refractivity contribution in [3.63, 3.8) is 0 Å². The summed E-state index contributed by atoms with van der Waals surface area (Å²) in [7, 11) is 0. The molecule has 1 amide bonds. The van der Waals surface area contributed by atoms with E-state index in [-0.39, 0.29) is 22.6 Å². The molecule has 0 aliphatic carbocycles. The standard InChI is InChI=1S/C25H17ClF3NO4/c1-14-9-10-18-20(11-14)34-23(17-7-2-3-8-19(17)26)24(22(18)32)33-13-21(31)30-16-6-4-5-15(12-16)25(27,28)29/h2-12H,13H2,1H3,(H,30,31). The van der Waals surface area contributed by atoms with Crippen molar-refractivity contribution in [2.24, 2.45) is 0 Å². The molecular weight excluding hydrogens is 471 g/mol. The molecule has 0 bridgehead atoms. The summed E-state index contributed by atoms with van der Waals surface area (Å²) < 4.78 is 50.3. The minimum atomic E-state index is -4.55. The lowest BCUT2D eigenvalue weighted by Gasteiger charge is -2.13. The van der Waals surface area contributed by atoms with E-state index in [0.29, 0.717) is 16.2 Å². The van der Waals surface area contributed by atoms with Crippen molar-refractivity contribution in [3.05, 3.63) is 93.1 Å². The average Bonchev–Trinajstić information content (AvgIpc) is 2.78. The number of benzene rings is 3. The van der Waals surface area contributed by atoms with Gasteiger partial charge < -0.3 is 14.5 Å². The summed E-state index contributed by atoms with van der Waals surface area (Å²) in [5, 5.41) is 2.88. The minimum Gasteiger partial charge on any atom is -0.476 e. The number of rotatable bonds is 5. The monoisotopic (exact) mass is 487 g/mol. The number of fused-ring (bicyclic) bond motifs is 1. The van der Waals surface area contributed by atoms with Crippen LogP contribution in [0.4, 0.5) is 18.9 Å². The van der Waals surface area contributed by atoms with Crippen LogP contribution in [0.1, 0.15) is 11.1 Å². The van der Waals surface area contributed by atoms with Gasteiger partial charge in [-0.1, -0.05) is 35.9 Å². The molecule has 0 fully saturated rings. The molecule has 5 nitrogen and oxygen atoms in total. The van der Waals surface area contributed by atoms with Crippen LogP contribution in [-0.2, 0) is 11.0 Å². The topological polar surface area (TPSA) is 68.5 Å². The zero-order valence-electron chi connectivity index (χ0n) is 17.7. The number of nitrogens with one attached hydrogen (secondary N) is 1. The number of alkyl halides is 3. The van der Waals surface area contributed by atoms with E-state index in [1.54, 1.807) is 42.5 Å². The van der Waals surface area contributed by atoms with Crippen LogP contribution in [0.3, 0.4) is 0 Å². The number of carbonyl (C=O) groups excluding carboxylic acids is 1. The van der Waals surface area contributed by atoms with Crippen LogP contribution in [0.25, 0.3) is 22.3 Å². The molecule has 0 aliphatic rings. The second-order valence-electron chi connectivity index (χ2n) is 7.48. The third-order valence-corrected chi connectivity index (χ3v) is 5.28. The molecule has 9 heteroatoms. The van der Waals surface area contributed by atoms with Gasteiger partial charge in [-0.05, 0) is 55.0 Å². The van der Waals surface area contributed by atoms with Crippen molar-refractivity contribution in [2.75, 3.05) is 11.9 Å². The van der Waals surface area contributed by atoms with Crippen LogP contribution in [-0.4, -0.2) is 12.5 Å². The summed E-state index contributed by atoms with van der Waals surface area (Å²) in [5.41, 5.74) is 0.102. The van der Waals surface area contributed by atoms with E-state index < -0.39 is 29.7 Å². The van der Waals surface area contributed by atoms with Gasteiger partial charge in [0, 0.05) is 11.3 Å². The number of aryl methyl sites for hydroxylation is 1. The average molecular weight is 488 g/mol. The summed E-state index contributed by atoms with van der Waals surface area (Å²) in [5.74, 6) is -0.947. The molecule has 0 saturated carbocycles. The number of hydrogen-bond acceptors (Lipinski definition) is 4.